The number of methoxy groups -OCH3 is 3. The van der Waals surface area contributed by atoms with E-state index in [0.29, 0.717) is 40.8 Å². The Hall–Kier alpha value is -3.59. The Morgan fingerprint density at radius 3 is 2.26 bits per heavy atom. The molecule has 34 heavy (non-hydrogen) atoms. The number of piperazine rings is 1. The van der Waals surface area contributed by atoms with Gasteiger partial charge in [-0.1, -0.05) is 11.2 Å². The number of benzene rings is 2. The number of aromatic nitrogens is 1. The van der Waals surface area contributed by atoms with E-state index in [2.05, 4.69) is 15.0 Å². The first-order chi connectivity index (χ1) is 16.5. The third-order valence-corrected chi connectivity index (χ3v) is 6.06. The van der Waals surface area contributed by atoms with Crippen molar-refractivity contribution in [3.8, 4) is 17.2 Å². The van der Waals surface area contributed by atoms with Crippen LogP contribution >= 0.6 is 0 Å². The Balaban J connectivity index is 1.43. The topological polar surface area (TPSA) is 77.3 Å². The molecule has 2 aromatic carbocycles. The molecule has 180 valence electrons. The number of carbonyl (C=O) groups excluding carboxylic acids is 1. The van der Waals surface area contributed by atoms with Crippen LogP contribution in [-0.2, 0) is 6.54 Å². The average molecular weight is 470 g/mol. The van der Waals surface area contributed by atoms with E-state index >= 15 is 0 Å². The molecular weight excluding hydrogens is 441 g/mol. The van der Waals surface area contributed by atoms with Gasteiger partial charge in [0.15, 0.2) is 17.2 Å². The quantitative estimate of drug-likeness (QED) is 0.462. The van der Waals surface area contributed by atoms with E-state index in [-0.39, 0.29) is 11.5 Å². The molecule has 1 saturated heterocycles. The minimum absolute atomic E-state index is 0.249. The molecule has 0 spiro atoms. The lowest BCUT2D eigenvalue weighted by Crippen LogP contribution is -2.46. The van der Waals surface area contributed by atoms with Crippen molar-refractivity contribution in [2.75, 3.05) is 52.4 Å². The fraction of sp³-hybridized carbons (Fsp3) is 0.360. The summed E-state index contributed by atoms with van der Waals surface area (Å²) in [7, 11) is 4.81. The van der Waals surface area contributed by atoms with E-state index in [1.165, 1.54) is 24.3 Å². The predicted molar refractivity (Wildman–Crippen MR) is 125 cm³/mol. The molecule has 9 heteroatoms. The molecule has 0 amide bonds. The van der Waals surface area contributed by atoms with Crippen LogP contribution in [0, 0.1) is 12.7 Å². The molecular formula is C25H28FN3O5. The first-order valence-corrected chi connectivity index (χ1v) is 11.0. The van der Waals surface area contributed by atoms with Gasteiger partial charge in [-0.05, 0) is 37.3 Å². The van der Waals surface area contributed by atoms with Gasteiger partial charge < -0.3 is 23.6 Å². The second kappa shape index (κ2) is 10.1. The van der Waals surface area contributed by atoms with Gasteiger partial charge in [-0.25, -0.2) is 4.39 Å². The van der Waals surface area contributed by atoms with E-state index < -0.39 is 5.82 Å². The fourth-order valence-electron chi connectivity index (χ4n) is 4.21. The zero-order valence-electron chi connectivity index (χ0n) is 19.8. The number of rotatable bonds is 8. The highest BCUT2D eigenvalue weighted by Gasteiger charge is 2.27. The fourth-order valence-corrected chi connectivity index (χ4v) is 4.21. The molecule has 1 aliphatic rings. The third kappa shape index (κ3) is 4.56. The smallest absolute Gasteiger partial charge is 0.231 e. The summed E-state index contributed by atoms with van der Waals surface area (Å²) in [6.07, 6.45) is 0. The van der Waals surface area contributed by atoms with Gasteiger partial charge in [-0.2, -0.15) is 0 Å². The summed E-state index contributed by atoms with van der Waals surface area (Å²) in [4.78, 5) is 17.2. The van der Waals surface area contributed by atoms with Crippen molar-refractivity contribution in [1.29, 1.82) is 0 Å². The molecule has 8 nitrogen and oxygen atoms in total. The highest BCUT2D eigenvalue weighted by molar-refractivity contribution is 6.09. The summed E-state index contributed by atoms with van der Waals surface area (Å²) in [5.41, 5.74) is 2.32. The van der Waals surface area contributed by atoms with Gasteiger partial charge in [0, 0.05) is 49.4 Å². The Labute approximate surface area is 197 Å². The van der Waals surface area contributed by atoms with Crippen LogP contribution in [0.1, 0.15) is 27.2 Å². The molecule has 0 radical (unpaired) electrons. The van der Waals surface area contributed by atoms with Gasteiger partial charge in [-0.3, -0.25) is 9.69 Å². The Kier molecular flexibility index (Phi) is 7.02. The molecule has 0 saturated carbocycles. The Morgan fingerprint density at radius 2 is 1.65 bits per heavy atom. The molecule has 4 rings (SSSR count). The average Bonchev–Trinajstić information content (AvgIpc) is 3.25. The minimum Gasteiger partial charge on any atom is -0.493 e. The van der Waals surface area contributed by atoms with Crippen LogP contribution < -0.4 is 19.1 Å². The van der Waals surface area contributed by atoms with Crippen LogP contribution in [0.2, 0.25) is 0 Å². The van der Waals surface area contributed by atoms with Crippen molar-refractivity contribution in [3.05, 3.63) is 64.6 Å². The number of halogens is 1. The van der Waals surface area contributed by atoms with Crippen LogP contribution in [0.15, 0.2) is 40.9 Å². The first-order valence-electron chi connectivity index (χ1n) is 11.0. The first kappa shape index (κ1) is 23.6. The van der Waals surface area contributed by atoms with Crippen molar-refractivity contribution in [1.82, 2.24) is 10.1 Å². The number of ketones is 1. The summed E-state index contributed by atoms with van der Waals surface area (Å²) in [5.74, 6) is 1.79. The summed E-state index contributed by atoms with van der Waals surface area (Å²) in [6, 6.07) is 9.29. The second-order valence-corrected chi connectivity index (χ2v) is 8.05. The maximum Gasteiger partial charge on any atom is 0.231 e. The molecule has 0 atom stereocenters. The van der Waals surface area contributed by atoms with Crippen LogP contribution in [0.3, 0.4) is 0 Å². The normalized spacial score (nSPS) is 14.2. The van der Waals surface area contributed by atoms with Crippen molar-refractivity contribution in [2.45, 2.75) is 13.5 Å². The maximum absolute atomic E-state index is 13.2. The molecule has 0 aliphatic carbocycles. The highest BCUT2D eigenvalue weighted by Crippen LogP contribution is 2.40. The van der Waals surface area contributed by atoms with Crippen molar-refractivity contribution < 1.29 is 27.9 Å². The van der Waals surface area contributed by atoms with Gasteiger partial charge in [0.1, 0.15) is 5.82 Å². The zero-order valence-corrected chi connectivity index (χ0v) is 19.8. The van der Waals surface area contributed by atoms with Crippen LogP contribution in [0.25, 0.3) is 0 Å². The highest BCUT2D eigenvalue weighted by atomic mass is 19.1. The van der Waals surface area contributed by atoms with E-state index in [1.807, 2.05) is 19.1 Å². The van der Waals surface area contributed by atoms with Gasteiger partial charge in [0.25, 0.3) is 0 Å². The largest absolute Gasteiger partial charge is 0.493 e. The van der Waals surface area contributed by atoms with E-state index in [0.717, 1.165) is 31.7 Å². The zero-order chi connectivity index (χ0) is 24.2. The number of hydrogen-bond acceptors (Lipinski definition) is 8. The molecule has 1 aliphatic heterocycles. The SMILES string of the molecule is COc1ccc(CN2CCN(c3onc(C(=O)c4ccc(F)cc4)c3C)CC2)c(OC)c1OC. The van der Waals surface area contributed by atoms with E-state index in [9.17, 15) is 9.18 Å². The maximum atomic E-state index is 13.2. The lowest BCUT2D eigenvalue weighted by atomic mass is 10.1. The van der Waals surface area contributed by atoms with E-state index in [1.54, 1.807) is 21.3 Å². The standard InChI is InChI=1S/C25H28FN3O5/c1-16-21(22(30)17-5-8-19(26)9-6-17)27-34-25(16)29-13-11-28(12-14-29)15-18-7-10-20(31-2)24(33-4)23(18)32-3/h5-10H,11-15H2,1-4H3. The molecule has 0 bridgehead atoms. The summed E-state index contributed by atoms with van der Waals surface area (Å²) in [6.45, 7) is 5.54. The number of anilines is 1. The summed E-state index contributed by atoms with van der Waals surface area (Å²) < 4.78 is 35.2. The third-order valence-electron chi connectivity index (χ3n) is 6.06. The monoisotopic (exact) mass is 469 g/mol. The number of nitrogens with zero attached hydrogens (tertiary/aromatic N) is 3. The van der Waals surface area contributed by atoms with Gasteiger partial charge in [0.2, 0.25) is 17.4 Å². The number of carbonyl (C=O) groups is 1. The van der Waals surface area contributed by atoms with Gasteiger partial charge in [0.05, 0.1) is 21.3 Å². The van der Waals surface area contributed by atoms with E-state index in [4.69, 9.17) is 18.7 Å². The number of ether oxygens (including phenoxy) is 3. The minimum atomic E-state index is -0.391. The molecule has 3 aromatic rings. The summed E-state index contributed by atoms with van der Waals surface area (Å²) in [5, 5.41) is 4.02. The van der Waals surface area contributed by atoms with Crippen LogP contribution in [0.5, 0.6) is 17.2 Å². The van der Waals surface area contributed by atoms with Crippen molar-refractivity contribution in [2.24, 2.45) is 0 Å². The lowest BCUT2D eigenvalue weighted by Gasteiger charge is -2.34. The number of hydrogen-bond donors (Lipinski definition) is 0. The van der Waals surface area contributed by atoms with Gasteiger partial charge in [-0.15, -0.1) is 0 Å². The second-order valence-electron chi connectivity index (χ2n) is 8.05. The van der Waals surface area contributed by atoms with Crippen molar-refractivity contribution in [3.63, 3.8) is 0 Å². The molecule has 0 unspecified atom stereocenters. The van der Waals surface area contributed by atoms with Crippen LogP contribution in [-0.4, -0.2) is 63.3 Å². The molecule has 2 heterocycles. The molecule has 0 N–H and O–H groups in total. The predicted octanol–water partition coefficient (Wildman–Crippen LogP) is 3.70. The van der Waals surface area contributed by atoms with Gasteiger partial charge >= 0.3 is 0 Å². The molecule has 1 fully saturated rings. The van der Waals surface area contributed by atoms with Crippen LogP contribution in [0.4, 0.5) is 10.3 Å². The van der Waals surface area contributed by atoms with Crippen molar-refractivity contribution >= 4 is 11.7 Å². The molecule has 1 aromatic heterocycles. The summed E-state index contributed by atoms with van der Waals surface area (Å²) >= 11 is 0. The Bertz CT molecular complexity index is 1150. The Morgan fingerprint density at radius 1 is 0.971 bits per heavy atom. The lowest BCUT2D eigenvalue weighted by molar-refractivity contribution is 0.103.